The molecule has 1 aromatic carbocycles. The van der Waals surface area contributed by atoms with E-state index in [-0.39, 0.29) is 6.10 Å². The Hall–Kier alpha value is -2.08. The summed E-state index contributed by atoms with van der Waals surface area (Å²) in [6, 6.07) is 8.81. The summed E-state index contributed by atoms with van der Waals surface area (Å²) in [5.41, 5.74) is 1.31. The summed E-state index contributed by atoms with van der Waals surface area (Å²) in [6.07, 6.45) is 4.79. The number of aromatic nitrogens is 3. The lowest BCUT2D eigenvalue weighted by Crippen LogP contribution is -2.26. The molecule has 3 heterocycles. The highest BCUT2D eigenvalue weighted by molar-refractivity contribution is 5.41. The highest BCUT2D eigenvalue weighted by Crippen LogP contribution is 2.38. The van der Waals surface area contributed by atoms with Gasteiger partial charge in [-0.05, 0) is 57.2 Å². The summed E-state index contributed by atoms with van der Waals surface area (Å²) in [5.74, 6) is 2.82. The van der Waals surface area contributed by atoms with Crippen molar-refractivity contribution in [3.05, 3.63) is 35.7 Å². The zero-order chi connectivity index (χ0) is 18.1. The van der Waals surface area contributed by atoms with E-state index in [0.717, 1.165) is 49.8 Å². The smallest absolute Gasteiger partial charge is 0.227 e. The second-order valence-electron chi connectivity index (χ2n) is 7.28. The summed E-state index contributed by atoms with van der Waals surface area (Å²) in [5, 5.41) is 8.99. The van der Waals surface area contributed by atoms with Crippen LogP contribution in [0.15, 0.2) is 24.3 Å². The van der Waals surface area contributed by atoms with E-state index in [1.54, 1.807) is 0 Å². The summed E-state index contributed by atoms with van der Waals surface area (Å²) >= 11 is 0. The quantitative estimate of drug-likeness (QED) is 0.816. The molecule has 1 aromatic heterocycles. The summed E-state index contributed by atoms with van der Waals surface area (Å²) in [4.78, 5) is 2.38. The van der Waals surface area contributed by atoms with Crippen LogP contribution >= 0.6 is 0 Å². The SMILES string of the molecule is CCOc1ccc(C2CCCN2c2nnc([C@@H]3CC[C@H](C)O3)n2C)cc1. The van der Waals surface area contributed by atoms with Crippen LogP contribution in [0.4, 0.5) is 5.95 Å². The first-order valence-electron chi connectivity index (χ1n) is 9.71. The van der Waals surface area contributed by atoms with Crippen molar-refractivity contribution in [1.82, 2.24) is 14.8 Å². The largest absolute Gasteiger partial charge is 0.494 e. The molecule has 0 radical (unpaired) electrons. The van der Waals surface area contributed by atoms with Crippen molar-refractivity contribution in [1.29, 1.82) is 0 Å². The maximum Gasteiger partial charge on any atom is 0.227 e. The number of rotatable bonds is 5. The molecule has 6 heteroatoms. The van der Waals surface area contributed by atoms with E-state index >= 15 is 0 Å². The van der Waals surface area contributed by atoms with Crippen LogP contribution in [-0.2, 0) is 11.8 Å². The number of benzene rings is 1. The Bertz CT molecular complexity index is 743. The normalized spacial score (nSPS) is 25.8. The van der Waals surface area contributed by atoms with Gasteiger partial charge in [0.1, 0.15) is 11.9 Å². The van der Waals surface area contributed by atoms with Gasteiger partial charge in [0, 0.05) is 13.6 Å². The molecule has 2 aliphatic rings. The lowest BCUT2D eigenvalue weighted by atomic mass is 10.0. The van der Waals surface area contributed by atoms with Gasteiger partial charge in [-0.2, -0.15) is 0 Å². The third-order valence-electron chi connectivity index (χ3n) is 5.49. The van der Waals surface area contributed by atoms with Crippen LogP contribution in [0.5, 0.6) is 5.75 Å². The first-order valence-corrected chi connectivity index (χ1v) is 9.71. The predicted molar refractivity (Wildman–Crippen MR) is 100 cm³/mol. The average Bonchev–Trinajstić information content (AvgIpc) is 3.35. The number of nitrogens with zero attached hydrogens (tertiary/aromatic N) is 4. The minimum absolute atomic E-state index is 0.0720. The molecule has 0 amide bonds. The van der Waals surface area contributed by atoms with E-state index < -0.39 is 0 Å². The van der Waals surface area contributed by atoms with Crippen molar-refractivity contribution in [3.63, 3.8) is 0 Å². The molecule has 0 bridgehead atoms. The average molecular weight is 356 g/mol. The van der Waals surface area contributed by atoms with Gasteiger partial charge < -0.3 is 14.4 Å². The van der Waals surface area contributed by atoms with Crippen molar-refractivity contribution in [2.75, 3.05) is 18.1 Å². The van der Waals surface area contributed by atoms with Gasteiger partial charge in [-0.1, -0.05) is 12.1 Å². The summed E-state index contributed by atoms with van der Waals surface area (Å²) in [7, 11) is 2.06. The van der Waals surface area contributed by atoms with Gasteiger partial charge >= 0.3 is 0 Å². The molecule has 0 aliphatic carbocycles. The topological polar surface area (TPSA) is 52.4 Å². The zero-order valence-electron chi connectivity index (χ0n) is 15.9. The standard InChI is InChI=1S/C20H28N4O2/c1-4-25-16-10-8-15(9-11-16)17-6-5-13-24(17)20-22-21-19(23(20)3)18-12-7-14(2)26-18/h8-11,14,17-18H,4-7,12-13H2,1-3H3/t14-,17?,18-/m0/s1. The van der Waals surface area contributed by atoms with Crippen LogP contribution in [0.25, 0.3) is 0 Å². The van der Waals surface area contributed by atoms with E-state index in [1.807, 2.05) is 6.92 Å². The molecule has 6 nitrogen and oxygen atoms in total. The van der Waals surface area contributed by atoms with E-state index in [0.29, 0.717) is 18.8 Å². The third-order valence-corrected chi connectivity index (χ3v) is 5.49. The van der Waals surface area contributed by atoms with Crippen LogP contribution < -0.4 is 9.64 Å². The van der Waals surface area contributed by atoms with Gasteiger partial charge in [0.15, 0.2) is 5.82 Å². The van der Waals surface area contributed by atoms with Gasteiger partial charge in [-0.15, -0.1) is 10.2 Å². The fourth-order valence-electron chi connectivity index (χ4n) is 4.16. The molecule has 2 aliphatic heterocycles. The monoisotopic (exact) mass is 356 g/mol. The number of ether oxygens (including phenoxy) is 2. The molecule has 4 rings (SSSR count). The van der Waals surface area contributed by atoms with E-state index in [9.17, 15) is 0 Å². The minimum atomic E-state index is 0.0720. The number of hydrogen-bond donors (Lipinski definition) is 0. The Morgan fingerprint density at radius 1 is 1.15 bits per heavy atom. The maximum atomic E-state index is 6.00. The maximum absolute atomic E-state index is 6.00. The molecular formula is C20H28N4O2. The lowest BCUT2D eigenvalue weighted by molar-refractivity contribution is 0.0485. The van der Waals surface area contributed by atoms with E-state index in [4.69, 9.17) is 9.47 Å². The Morgan fingerprint density at radius 2 is 1.96 bits per heavy atom. The molecule has 0 N–H and O–H groups in total. The summed E-state index contributed by atoms with van der Waals surface area (Å²) in [6.45, 7) is 5.83. The molecule has 0 spiro atoms. The van der Waals surface area contributed by atoms with Crippen molar-refractivity contribution in [2.45, 2.75) is 57.8 Å². The van der Waals surface area contributed by atoms with Crippen LogP contribution in [0, 0.1) is 0 Å². The molecule has 1 unspecified atom stereocenters. The van der Waals surface area contributed by atoms with Crippen molar-refractivity contribution in [2.24, 2.45) is 7.05 Å². The van der Waals surface area contributed by atoms with Gasteiger partial charge in [-0.3, -0.25) is 4.57 Å². The van der Waals surface area contributed by atoms with Gasteiger partial charge in [0.05, 0.1) is 18.8 Å². The second kappa shape index (κ2) is 7.27. The third kappa shape index (κ3) is 3.18. The fraction of sp³-hybridized carbons (Fsp3) is 0.600. The van der Waals surface area contributed by atoms with Gasteiger partial charge in [-0.25, -0.2) is 0 Å². The zero-order valence-corrected chi connectivity index (χ0v) is 15.9. The Kier molecular flexibility index (Phi) is 4.85. The molecule has 2 fully saturated rings. The lowest BCUT2D eigenvalue weighted by Gasteiger charge is -2.26. The molecule has 0 saturated carbocycles. The Balaban J connectivity index is 1.56. The van der Waals surface area contributed by atoms with Gasteiger partial charge in [0.25, 0.3) is 0 Å². The first kappa shape index (κ1) is 17.3. The highest BCUT2D eigenvalue weighted by atomic mass is 16.5. The first-order chi connectivity index (χ1) is 12.7. The highest BCUT2D eigenvalue weighted by Gasteiger charge is 2.33. The fourth-order valence-corrected chi connectivity index (χ4v) is 4.16. The van der Waals surface area contributed by atoms with Crippen LogP contribution in [-0.4, -0.2) is 34.0 Å². The predicted octanol–water partition coefficient (Wildman–Crippen LogP) is 3.80. The molecule has 3 atom stereocenters. The molecule has 140 valence electrons. The van der Waals surface area contributed by atoms with Crippen molar-refractivity contribution in [3.8, 4) is 5.75 Å². The van der Waals surface area contributed by atoms with Crippen LogP contribution in [0.2, 0.25) is 0 Å². The molecular weight excluding hydrogens is 328 g/mol. The minimum Gasteiger partial charge on any atom is -0.494 e. The number of anilines is 1. The van der Waals surface area contributed by atoms with Crippen molar-refractivity contribution >= 4 is 5.95 Å². The molecule has 26 heavy (non-hydrogen) atoms. The molecule has 2 saturated heterocycles. The van der Waals surface area contributed by atoms with E-state index in [2.05, 4.69) is 57.9 Å². The molecule has 2 aromatic rings. The van der Waals surface area contributed by atoms with E-state index in [1.165, 1.54) is 5.56 Å². The van der Waals surface area contributed by atoms with Crippen molar-refractivity contribution < 1.29 is 9.47 Å². The number of hydrogen-bond acceptors (Lipinski definition) is 5. The van der Waals surface area contributed by atoms with Crippen LogP contribution in [0.1, 0.15) is 63.1 Å². The van der Waals surface area contributed by atoms with Gasteiger partial charge in [0.2, 0.25) is 5.95 Å². The Labute approximate surface area is 155 Å². The Morgan fingerprint density at radius 3 is 2.65 bits per heavy atom. The van der Waals surface area contributed by atoms with Crippen LogP contribution in [0.3, 0.4) is 0 Å². The second-order valence-corrected chi connectivity index (χ2v) is 7.28. The summed E-state index contributed by atoms with van der Waals surface area (Å²) < 4.78 is 13.7.